The highest BCUT2D eigenvalue weighted by Gasteiger charge is 2.01. The van der Waals surface area contributed by atoms with E-state index in [1.54, 1.807) is 12.1 Å². The maximum atomic E-state index is 12.8. The maximum absolute atomic E-state index is 12.8. The van der Waals surface area contributed by atoms with Crippen LogP contribution < -0.4 is 0 Å². The van der Waals surface area contributed by atoms with E-state index in [0.717, 1.165) is 16.5 Å². The molecule has 0 amide bonds. The lowest BCUT2D eigenvalue weighted by atomic mass is 10.1. The second-order valence-electron chi connectivity index (χ2n) is 2.72. The molecule has 2 aromatic rings. The van der Waals surface area contributed by atoms with Gasteiger partial charge in [0.15, 0.2) is 0 Å². The molecule has 0 atom stereocenters. The first-order valence-electron chi connectivity index (χ1n) is 3.87. The summed E-state index contributed by atoms with van der Waals surface area (Å²) in [6, 6.07) is 4.75. The zero-order valence-corrected chi connectivity index (χ0v) is 6.76. The van der Waals surface area contributed by atoms with Crippen LogP contribution in [0.2, 0.25) is 0 Å². The number of aromatic nitrogens is 1. The van der Waals surface area contributed by atoms with E-state index in [1.807, 2.05) is 19.5 Å². The number of hydrogen-bond acceptors (Lipinski definition) is 0. The summed E-state index contributed by atoms with van der Waals surface area (Å²) in [6.45, 7) is 1.94. The molecule has 0 saturated heterocycles. The summed E-state index contributed by atoms with van der Waals surface area (Å²) >= 11 is 0. The number of nitrogens with one attached hydrogen (secondary N) is 1. The van der Waals surface area contributed by atoms with E-state index in [2.05, 4.69) is 4.98 Å². The third-order valence-corrected chi connectivity index (χ3v) is 1.99. The minimum absolute atomic E-state index is 0.190. The van der Waals surface area contributed by atoms with Crippen LogP contribution in [0.1, 0.15) is 12.5 Å². The van der Waals surface area contributed by atoms with E-state index in [9.17, 15) is 4.39 Å². The Hall–Kier alpha value is -1.31. The Labute approximate surface area is 70.2 Å². The number of halogens is 1. The molecule has 0 aliphatic rings. The molecular formula is C10H9FN. The van der Waals surface area contributed by atoms with Gasteiger partial charge in [0.25, 0.3) is 0 Å². The van der Waals surface area contributed by atoms with Gasteiger partial charge in [-0.05, 0) is 30.2 Å². The van der Waals surface area contributed by atoms with Gasteiger partial charge in [-0.2, -0.15) is 0 Å². The summed E-state index contributed by atoms with van der Waals surface area (Å²) in [7, 11) is 0. The summed E-state index contributed by atoms with van der Waals surface area (Å²) in [6.07, 6.45) is 3.84. The second-order valence-corrected chi connectivity index (χ2v) is 2.72. The quantitative estimate of drug-likeness (QED) is 0.663. The molecule has 0 saturated carbocycles. The van der Waals surface area contributed by atoms with Crippen LogP contribution >= 0.6 is 0 Å². The molecule has 61 valence electrons. The second kappa shape index (κ2) is 2.63. The first kappa shape index (κ1) is 7.35. The Morgan fingerprint density at radius 2 is 2.25 bits per heavy atom. The van der Waals surface area contributed by atoms with Crippen molar-refractivity contribution in [2.75, 3.05) is 0 Å². The van der Waals surface area contributed by atoms with Gasteiger partial charge in [-0.1, -0.05) is 6.92 Å². The van der Waals surface area contributed by atoms with Crippen molar-refractivity contribution in [1.82, 2.24) is 4.98 Å². The van der Waals surface area contributed by atoms with Gasteiger partial charge in [0.1, 0.15) is 5.82 Å². The van der Waals surface area contributed by atoms with Crippen LogP contribution in [0.15, 0.2) is 24.4 Å². The maximum Gasteiger partial charge on any atom is 0.123 e. The van der Waals surface area contributed by atoms with Gasteiger partial charge in [0.2, 0.25) is 0 Å². The molecule has 0 aliphatic heterocycles. The van der Waals surface area contributed by atoms with E-state index in [1.165, 1.54) is 6.07 Å². The van der Waals surface area contributed by atoms with Gasteiger partial charge in [-0.3, -0.25) is 0 Å². The third-order valence-electron chi connectivity index (χ3n) is 1.99. The van der Waals surface area contributed by atoms with E-state index >= 15 is 0 Å². The number of hydrogen-bond donors (Lipinski definition) is 1. The Morgan fingerprint density at radius 1 is 1.42 bits per heavy atom. The normalized spacial score (nSPS) is 10.8. The molecule has 0 aliphatic carbocycles. The van der Waals surface area contributed by atoms with Crippen LogP contribution in [0.25, 0.3) is 10.9 Å². The summed E-state index contributed by atoms with van der Waals surface area (Å²) < 4.78 is 12.8. The summed E-state index contributed by atoms with van der Waals surface area (Å²) in [5.74, 6) is -0.190. The van der Waals surface area contributed by atoms with Crippen molar-refractivity contribution in [3.63, 3.8) is 0 Å². The van der Waals surface area contributed by atoms with Gasteiger partial charge in [0, 0.05) is 17.1 Å². The lowest BCUT2D eigenvalue weighted by molar-refractivity contribution is 0.629. The standard InChI is InChI=1S/C10H9FN/c1-2-7-6-12-10-4-3-8(11)5-9(7)10/h2-6,12H,1H3. The molecule has 0 bridgehead atoms. The molecule has 12 heavy (non-hydrogen) atoms. The molecular weight excluding hydrogens is 153 g/mol. The first-order valence-corrected chi connectivity index (χ1v) is 3.87. The Balaban J connectivity index is 2.75. The van der Waals surface area contributed by atoms with Crippen molar-refractivity contribution >= 4 is 10.9 Å². The monoisotopic (exact) mass is 162 g/mol. The summed E-state index contributed by atoms with van der Waals surface area (Å²) in [5, 5.41) is 0.942. The van der Waals surface area contributed by atoms with Gasteiger partial charge in [-0.25, -0.2) is 4.39 Å². The van der Waals surface area contributed by atoms with Crippen molar-refractivity contribution in [1.29, 1.82) is 0 Å². The van der Waals surface area contributed by atoms with E-state index in [0.29, 0.717) is 0 Å². The highest BCUT2D eigenvalue weighted by molar-refractivity contribution is 5.84. The average Bonchev–Trinajstić information content (AvgIpc) is 2.46. The number of rotatable bonds is 1. The number of fused-ring (bicyclic) bond motifs is 1. The molecule has 0 spiro atoms. The van der Waals surface area contributed by atoms with Crippen LogP contribution in [-0.2, 0) is 0 Å². The van der Waals surface area contributed by atoms with Gasteiger partial charge < -0.3 is 4.98 Å². The van der Waals surface area contributed by atoms with Crippen LogP contribution in [0, 0.1) is 12.2 Å². The number of H-pyrrole nitrogens is 1. The third kappa shape index (κ3) is 0.998. The van der Waals surface area contributed by atoms with Crippen LogP contribution in [0.4, 0.5) is 4.39 Å². The van der Waals surface area contributed by atoms with Gasteiger partial charge in [0.05, 0.1) is 0 Å². The van der Waals surface area contributed by atoms with Crippen LogP contribution in [0.3, 0.4) is 0 Å². The van der Waals surface area contributed by atoms with E-state index in [-0.39, 0.29) is 5.82 Å². The molecule has 2 heteroatoms. The van der Waals surface area contributed by atoms with Gasteiger partial charge >= 0.3 is 0 Å². The van der Waals surface area contributed by atoms with Crippen molar-refractivity contribution in [3.05, 3.63) is 42.2 Å². The SMILES string of the molecule is C[CH]c1c[nH]c2ccc(F)cc12. The molecule has 2 rings (SSSR count). The fourth-order valence-corrected chi connectivity index (χ4v) is 1.35. The van der Waals surface area contributed by atoms with E-state index in [4.69, 9.17) is 0 Å². The lowest BCUT2D eigenvalue weighted by Gasteiger charge is -1.92. The number of aromatic amines is 1. The van der Waals surface area contributed by atoms with Crippen molar-refractivity contribution < 1.29 is 4.39 Å². The minimum Gasteiger partial charge on any atom is -0.361 e. The summed E-state index contributed by atoms with van der Waals surface area (Å²) in [4.78, 5) is 3.07. The zero-order chi connectivity index (χ0) is 8.55. The Bertz CT molecular complexity index is 403. The molecule has 1 heterocycles. The molecule has 0 fully saturated rings. The van der Waals surface area contributed by atoms with Crippen molar-refractivity contribution in [3.8, 4) is 0 Å². The molecule has 1 aromatic carbocycles. The lowest BCUT2D eigenvalue weighted by Crippen LogP contribution is -1.75. The van der Waals surface area contributed by atoms with Crippen LogP contribution in [-0.4, -0.2) is 4.98 Å². The molecule has 1 N–H and O–H groups in total. The molecule has 1 radical (unpaired) electrons. The van der Waals surface area contributed by atoms with Crippen molar-refractivity contribution in [2.45, 2.75) is 6.92 Å². The average molecular weight is 162 g/mol. The predicted molar refractivity (Wildman–Crippen MR) is 47.3 cm³/mol. The minimum atomic E-state index is -0.190. The number of benzene rings is 1. The fraction of sp³-hybridized carbons (Fsp3) is 0.100. The predicted octanol–water partition coefficient (Wildman–Crippen LogP) is 2.88. The molecule has 0 unspecified atom stereocenters. The zero-order valence-electron chi connectivity index (χ0n) is 6.76. The Morgan fingerprint density at radius 3 is 3.00 bits per heavy atom. The first-order chi connectivity index (χ1) is 5.81. The fourth-order valence-electron chi connectivity index (χ4n) is 1.35. The largest absolute Gasteiger partial charge is 0.361 e. The highest BCUT2D eigenvalue weighted by Crippen LogP contribution is 2.20. The summed E-state index contributed by atoms with van der Waals surface area (Å²) in [5.41, 5.74) is 2.02. The smallest absolute Gasteiger partial charge is 0.123 e. The van der Waals surface area contributed by atoms with E-state index < -0.39 is 0 Å². The molecule has 1 aromatic heterocycles. The van der Waals surface area contributed by atoms with Gasteiger partial charge in [-0.15, -0.1) is 0 Å². The van der Waals surface area contributed by atoms with Crippen molar-refractivity contribution in [2.24, 2.45) is 0 Å². The molecule has 1 nitrogen and oxygen atoms in total. The van der Waals surface area contributed by atoms with Crippen LogP contribution in [0.5, 0.6) is 0 Å². The Kier molecular flexibility index (Phi) is 1.61. The highest BCUT2D eigenvalue weighted by atomic mass is 19.1. The topological polar surface area (TPSA) is 15.8 Å².